The Labute approximate surface area is 148 Å². The number of carbonyl (C=O) groups excluding carboxylic acids is 4. The molecule has 0 spiro atoms. The summed E-state index contributed by atoms with van der Waals surface area (Å²) in [6.45, 7) is 1.87. The third-order valence-electron chi connectivity index (χ3n) is 3.85. The average molecular weight is 349 g/mol. The second kappa shape index (κ2) is 6.64. The van der Waals surface area contributed by atoms with Crippen LogP contribution in [0.5, 0.6) is 0 Å². The summed E-state index contributed by atoms with van der Waals surface area (Å²) in [6, 6.07) is 11.3. The summed E-state index contributed by atoms with van der Waals surface area (Å²) in [6.07, 6.45) is 1.30. The zero-order valence-electron chi connectivity index (χ0n) is 13.7. The van der Waals surface area contributed by atoms with Crippen LogP contribution in [-0.2, 0) is 9.59 Å². The molecule has 2 aromatic rings. The lowest BCUT2D eigenvalue weighted by Crippen LogP contribution is -2.54. The number of hydrogen-bond donors (Lipinski definition) is 1. The molecule has 1 aliphatic heterocycles. The van der Waals surface area contributed by atoms with Gasteiger partial charge in [-0.2, -0.15) is 0 Å². The Morgan fingerprint density at radius 1 is 1.00 bits per heavy atom. The van der Waals surface area contributed by atoms with Gasteiger partial charge in [-0.3, -0.25) is 14.9 Å². The minimum Gasteiger partial charge on any atom is -0.545 e. The molecular formula is C19H13N2O5-. The van der Waals surface area contributed by atoms with Gasteiger partial charge in [-0.05, 0) is 36.3 Å². The standard InChI is InChI=1S/C19H14N2O5/c1-11-2-8-14(9-3-11)21-17(23)15(16(22)20-19(21)26)10-12-4-6-13(7-5-12)18(24)25/h2-10H,1H3,(H,24,25)(H,20,22,26)/p-1/b15-10+. The number of urea groups is 1. The van der Waals surface area contributed by atoms with Gasteiger partial charge in [-0.1, -0.05) is 42.0 Å². The van der Waals surface area contributed by atoms with E-state index in [-0.39, 0.29) is 11.1 Å². The van der Waals surface area contributed by atoms with Gasteiger partial charge in [0.2, 0.25) is 0 Å². The molecule has 26 heavy (non-hydrogen) atoms. The lowest BCUT2D eigenvalue weighted by Gasteiger charge is -2.26. The number of barbiturate groups is 1. The molecule has 1 saturated heterocycles. The van der Waals surface area contributed by atoms with E-state index >= 15 is 0 Å². The molecule has 130 valence electrons. The molecule has 1 aliphatic rings. The summed E-state index contributed by atoms with van der Waals surface area (Å²) < 4.78 is 0. The Balaban J connectivity index is 1.96. The molecule has 7 heteroatoms. The van der Waals surface area contributed by atoms with Gasteiger partial charge in [0.1, 0.15) is 5.57 Å². The first-order valence-electron chi connectivity index (χ1n) is 7.66. The molecule has 1 N–H and O–H groups in total. The maximum Gasteiger partial charge on any atom is 0.335 e. The number of rotatable bonds is 3. The van der Waals surface area contributed by atoms with E-state index in [1.54, 1.807) is 24.3 Å². The van der Waals surface area contributed by atoms with Crippen LogP contribution in [0.25, 0.3) is 6.08 Å². The molecule has 7 nitrogen and oxygen atoms in total. The van der Waals surface area contributed by atoms with Gasteiger partial charge >= 0.3 is 6.03 Å². The number of aromatic carboxylic acids is 1. The van der Waals surface area contributed by atoms with Crippen LogP contribution in [0.4, 0.5) is 10.5 Å². The number of imide groups is 2. The van der Waals surface area contributed by atoms with Crippen molar-refractivity contribution in [1.82, 2.24) is 5.32 Å². The van der Waals surface area contributed by atoms with E-state index in [4.69, 9.17) is 0 Å². The predicted molar refractivity (Wildman–Crippen MR) is 91.0 cm³/mol. The summed E-state index contributed by atoms with van der Waals surface area (Å²) in [4.78, 5) is 48.5. The van der Waals surface area contributed by atoms with Crippen molar-refractivity contribution in [1.29, 1.82) is 0 Å². The smallest absolute Gasteiger partial charge is 0.335 e. The highest BCUT2D eigenvalue weighted by Crippen LogP contribution is 2.22. The van der Waals surface area contributed by atoms with Crippen molar-refractivity contribution in [3.05, 3.63) is 70.8 Å². The van der Waals surface area contributed by atoms with Crippen LogP contribution in [-0.4, -0.2) is 23.8 Å². The number of hydrogen-bond acceptors (Lipinski definition) is 5. The third kappa shape index (κ3) is 3.23. The van der Waals surface area contributed by atoms with Crippen molar-refractivity contribution in [2.24, 2.45) is 0 Å². The second-order valence-electron chi connectivity index (χ2n) is 5.70. The van der Waals surface area contributed by atoms with E-state index in [9.17, 15) is 24.3 Å². The van der Waals surface area contributed by atoms with Crippen LogP contribution >= 0.6 is 0 Å². The third-order valence-corrected chi connectivity index (χ3v) is 3.85. The number of nitrogens with zero attached hydrogens (tertiary/aromatic N) is 1. The van der Waals surface area contributed by atoms with Crippen LogP contribution in [0, 0.1) is 6.92 Å². The topological polar surface area (TPSA) is 107 Å². The minimum atomic E-state index is -1.33. The van der Waals surface area contributed by atoms with Gasteiger partial charge < -0.3 is 9.90 Å². The molecule has 3 rings (SSSR count). The van der Waals surface area contributed by atoms with Crippen LogP contribution < -0.4 is 15.3 Å². The van der Waals surface area contributed by atoms with E-state index < -0.39 is 23.8 Å². The molecule has 0 aromatic heterocycles. The Morgan fingerprint density at radius 2 is 1.62 bits per heavy atom. The molecule has 1 fully saturated rings. The van der Waals surface area contributed by atoms with Crippen molar-refractivity contribution >= 4 is 35.6 Å². The van der Waals surface area contributed by atoms with E-state index in [2.05, 4.69) is 5.32 Å². The zero-order valence-corrected chi connectivity index (χ0v) is 13.7. The maximum absolute atomic E-state index is 12.7. The summed E-state index contributed by atoms with van der Waals surface area (Å²) in [5, 5.41) is 12.9. The van der Waals surface area contributed by atoms with Crippen LogP contribution in [0.15, 0.2) is 54.1 Å². The number of carboxylic acid groups (broad SMARTS) is 1. The van der Waals surface area contributed by atoms with Gasteiger partial charge in [-0.25, -0.2) is 9.69 Å². The van der Waals surface area contributed by atoms with E-state index in [1.165, 1.54) is 30.3 Å². The molecule has 1 heterocycles. The Morgan fingerprint density at radius 3 is 2.19 bits per heavy atom. The Bertz CT molecular complexity index is 943. The summed E-state index contributed by atoms with van der Waals surface area (Å²) in [5.74, 6) is -2.90. The van der Waals surface area contributed by atoms with Crippen LogP contribution in [0.3, 0.4) is 0 Å². The lowest BCUT2D eigenvalue weighted by molar-refractivity contribution is -0.255. The van der Waals surface area contributed by atoms with Gasteiger partial charge in [-0.15, -0.1) is 0 Å². The molecule has 4 amide bonds. The monoisotopic (exact) mass is 349 g/mol. The van der Waals surface area contributed by atoms with Crippen LogP contribution in [0.1, 0.15) is 21.5 Å². The molecule has 2 aromatic carbocycles. The summed E-state index contributed by atoms with van der Waals surface area (Å²) >= 11 is 0. The summed E-state index contributed by atoms with van der Waals surface area (Å²) in [5.41, 5.74) is 1.48. The molecule has 0 atom stereocenters. The first-order chi connectivity index (χ1) is 12.4. The number of benzene rings is 2. The number of nitrogens with one attached hydrogen (secondary N) is 1. The quantitative estimate of drug-likeness (QED) is 0.658. The van der Waals surface area contributed by atoms with E-state index in [1.807, 2.05) is 6.92 Å². The first-order valence-corrected chi connectivity index (χ1v) is 7.66. The molecule has 0 unspecified atom stereocenters. The Hall–Kier alpha value is -3.74. The minimum absolute atomic E-state index is 0.0250. The fourth-order valence-electron chi connectivity index (χ4n) is 2.47. The SMILES string of the molecule is Cc1ccc(N2C(=O)NC(=O)/C(=C\c3ccc(C(=O)[O-])cc3)C2=O)cc1. The second-order valence-corrected chi connectivity index (χ2v) is 5.70. The van der Waals surface area contributed by atoms with Gasteiger partial charge in [0.25, 0.3) is 11.8 Å². The number of aryl methyl sites for hydroxylation is 1. The molecule has 0 saturated carbocycles. The summed E-state index contributed by atoms with van der Waals surface area (Å²) in [7, 11) is 0. The van der Waals surface area contributed by atoms with E-state index in [0.29, 0.717) is 11.3 Å². The fourth-order valence-corrected chi connectivity index (χ4v) is 2.47. The highest BCUT2D eigenvalue weighted by molar-refractivity contribution is 6.39. The maximum atomic E-state index is 12.7. The van der Waals surface area contributed by atoms with E-state index in [0.717, 1.165) is 10.5 Å². The van der Waals surface area contributed by atoms with Crippen molar-refractivity contribution in [3.63, 3.8) is 0 Å². The Kier molecular flexibility index (Phi) is 4.36. The van der Waals surface area contributed by atoms with Crippen molar-refractivity contribution in [3.8, 4) is 0 Å². The highest BCUT2D eigenvalue weighted by Gasteiger charge is 2.36. The number of carbonyl (C=O) groups is 4. The van der Waals surface area contributed by atoms with Crippen LogP contribution in [0.2, 0.25) is 0 Å². The van der Waals surface area contributed by atoms with Crippen molar-refractivity contribution in [2.75, 3.05) is 4.90 Å². The number of anilines is 1. The average Bonchev–Trinajstić information content (AvgIpc) is 2.60. The first kappa shape index (κ1) is 17.1. The van der Waals surface area contributed by atoms with Crippen molar-refractivity contribution in [2.45, 2.75) is 6.92 Å². The van der Waals surface area contributed by atoms with Gasteiger partial charge in [0.15, 0.2) is 0 Å². The molecule has 0 bridgehead atoms. The zero-order chi connectivity index (χ0) is 18.8. The van der Waals surface area contributed by atoms with Crippen molar-refractivity contribution < 1.29 is 24.3 Å². The number of carboxylic acids is 1. The number of amides is 4. The molecule has 0 radical (unpaired) electrons. The normalized spacial score (nSPS) is 16.0. The molecular weight excluding hydrogens is 336 g/mol. The lowest BCUT2D eigenvalue weighted by atomic mass is 10.1. The largest absolute Gasteiger partial charge is 0.545 e. The van der Waals surface area contributed by atoms with Gasteiger partial charge in [0, 0.05) is 0 Å². The van der Waals surface area contributed by atoms with Gasteiger partial charge in [0.05, 0.1) is 11.7 Å². The fraction of sp³-hybridized carbons (Fsp3) is 0.0526. The highest BCUT2D eigenvalue weighted by atomic mass is 16.4. The molecule has 0 aliphatic carbocycles. The predicted octanol–water partition coefficient (Wildman–Crippen LogP) is 1.02.